The van der Waals surface area contributed by atoms with Gasteiger partial charge in [-0.25, -0.2) is 4.79 Å². The van der Waals surface area contributed by atoms with E-state index in [-0.39, 0.29) is 23.5 Å². The van der Waals surface area contributed by atoms with Crippen molar-refractivity contribution in [2.45, 2.75) is 33.1 Å². The second kappa shape index (κ2) is 9.56. The number of amides is 1. The zero-order valence-corrected chi connectivity index (χ0v) is 17.1. The minimum atomic E-state index is -0.689. The third-order valence-electron chi connectivity index (χ3n) is 4.13. The Labute approximate surface area is 171 Å². The number of anilines is 2. The predicted molar refractivity (Wildman–Crippen MR) is 113 cm³/mol. The topological polar surface area (TPSA) is 91.2 Å². The highest BCUT2D eigenvalue weighted by Gasteiger charge is 2.14. The van der Waals surface area contributed by atoms with Crippen molar-refractivity contribution in [3.63, 3.8) is 0 Å². The van der Waals surface area contributed by atoms with E-state index in [1.807, 2.05) is 12.1 Å². The Balaban J connectivity index is 2.08. The summed E-state index contributed by atoms with van der Waals surface area (Å²) in [4.78, 5) is 24.2. The van der Waals surface area contributed by atoms with Gasteiger partial charge in [0, 0.05) is 23.1 Å². The first-order valence-corrected chi connectivity index (χ1v) is 9.30. The molecule has 0 bridgehead atoms. The summed E-state index contributed by atoms with van der Waals surface area (Å²) in [5, 5.41) is 14.8. The van der Waals surface area contributed by atoms with Gasteiger partial charge in [0.05, 0.1) is 6.61 Å². The van der Waals surface area contributed by atoms with Crippen molar-refractivity contribution < 1.29 is 14.3 Å². The van der Waals surface area contributed by atoms with Gasteiger partial charge in [0.2, 0.25) is 0 Å². The predicted octanol–water partition coefficient (Wildman–Crippen LogP) is 4.62. The molecule has 0 atom stereocenters. The van der Waals surface area contributed by atoms with Crippen molar-refractivity contribution in [2.24, 2.45) is 0 Å². The molecular weight excluding hydrogens is 366 g/mol. The first-order valence-electron chi connectivity index (χ1n) is 9.30. The average Bonchev–Trinajstić information content (AvgIpc) is 2.68. The number of esters is 1. The Kier molecular flexibility index (Phi) is 7.15. The zero-order chi connectivity index (χ0) is 21.4. The Morgan fingerprint density at radius 2 is 1.76 bits per heavy atom. The van der Waals surface area contributed by atoms with E-state index in [4.69, 9.17) is 10.00 Å². The summed E-state index contributed by atoms with van der Waals surface area (Å²) in [6, 6.07) is 16.3. The number of hydrogen-bond acceptors (Lipinski definition) is 5. The van der Waals surface area contributed by atoms with Crippen LogP contribution in [0, 0.1) is 11.3 Å². The molecule has 0 aliphatic carbocycles. The van der Waals surface area contributed by atoms with Crippen LogP contribution in [0.5, 0.6) is 0 Å². The molecule has 0 aliphatic rings. The SMILES string of the molecule is CCOC(=O)/C(C#N)=C/Nc1cccc(NC(=O)c2ccc(C(C)(C)C)cc2)c1. The maximum absolute atomic E-state index is 12.5. The summed E-state index contributed by atoms with van der Waals surface area (Å²) in [7, 11) is 0. The van der Waals surface area contributed by atoms with Crippen LogP contribution in [0.25, 0.3) is 0 Å². The summed E-state index contributed by atoms with van der Waals surface area (Å²) in [5.41, 5.74) is 2.80. The van der Waals surface area contributed by atoms with Gasteiger partial charge in [-0.1, -0.05) is 39.0 Å². The molecule has 1 amide bonds. The highest BCUT2D eigenvalue weighted by atomic mass is 16.5. The first-order chi connectivity index (χ1) is 13.7. The molecule has 0 saturated carbocycles. The van der Waals surface area contributed by atoms with Crippen LogP contribution in [0.3, 0.4) is 0 Å². The van der Waals surface area contributed by atoms with E-state index in [2.05, 4.69) is 31.4 Å². The summed E-state index contributed by atoms with van der Waals surface area (Å²) < 4.78 is 4.81. The Bertz CT molecular complexity index is 949. The van der Waals surface area contributed by atoms with Crippen LogP contribution in [0.1, 0.15) is 43.6 Å². The van der Waals surface area contributed by atoms with E-state index < -0.39 is 5.97 Å². The van der Waals surface area contributed by atoms with Gasteiger partial charge in [0.1, 0.15) is 6.07 Å². The van der Waals surface area contributed by atoms with Crippen LogP contribution >= 0.6 is 0 Å². The van der Waals surface area contributed by atoms with Gasteiger partial charge in [0.15, 0.2) is 5.57 Å². The smallest absolute Gasteiger partial charge is 0.350 e. The lowest BCUT2D eigenvalue weighted by Crippen LogP contribution is -2.14. The molecule has 0 aromatic heterocycles. The lowest BCUT2D eigenvalue weighted by molar-refractivity contribution is -0.138. The standard InChI is InChI=1S/C23H25N3O3/c1-5-29-22(28)17(14-24)15-25-19-7-6-8-20(13-19)26-21(27)16-9-11-18(12-10-16)23(2,3)4/h6-13,15,25H,5H2,1-4H3,(H,26,27)/b17-15+. The zero-order valence-electron chi connectivity index (χ0n) is 17.1. The maximum atomic E-state index is 12.5. The lowest BCUT2D eigenvalue weighted by Gasteiger charge is -2.19. The number of carbonyl (C=O) groups excluding carboxylic acids is 2. The minimum Gasteiger partial charge on any atom is -0.462 e. The number of rotatable bonds is 6. The van der Waals surface area contributed by atoms with Gasteiger partial charge in [-0.15, -0.1) is 0 Å². The van der Waals surface area contributed by atoms with E-state index in [1.54, 1.807) is 49.4 Å². The van der Waals surface area contributed by atoms with Crippen LogP contribution < -0.4 is 10.6 Å². The molecule has 0 fully saturated rings. The highest BCUT2D eigenvalue weighted by Crippen LogP contribution is 2.23. The molecule has 2 aromatic carbocycles. The van der Waals surface area contributed by atoms with Crippen molar-refractivity contribution in [2.75, 3.05) is 17.2 Å². The number of benzene rings is 2. The van der Waals surface area contributed by atoms with E-state index >= 15 is 0 Å². The van der Waals surface area contributed by atoms with Gasteiger partial charge < -0.3 is 15.4 Å². The van der Waals surface area contributed by atoms with Gasteiger partial charge in [0.25, 0.3) is 5.91 Å². The Morgan fingerprint density at radius 3 is 2.34 bits per heavy atom. The van der Waals surface area contributed by atoms with Crippen molar-refractivity contribution >= 4 is 23.3 Å². The molecule has 0 saturated heterocycles. The monoisotopic (exact) mass is 391 g/mol. The molecule has 0 unspecified atom stereocenters. The second-order valence-corrected chi connectivity index (χ2v) is 7.40. The van der Waals surface area contributed by atoms with Crippen LogP contribution in [0.15, 0.2) is 60.3 Å². The number of nitrogens with zero attached hydrogens (tertiary/aromatic N) is 1. The molecule has 29 heavy (non-hydrogen) atoms. The molecule has 0 radical (unpaired) electrons. The highest BCUT2D eigenvalue weighted by molar-refractivity contribution is 6.04. The van der Waals surface area contributed by atoms with Gasteiger partial charge in [-0.05, 0) is 48.2 Å². The molecule has 0 spiro atoms. The van der Waals surface area contributed by atoms with Crippen LogP contribution in [-0.2, 0) is 14.9 Å². The summed E-state index contributed by atoms with van der Waals surface area (Å²) in [5.74, 6) is -0.909. The summed E-state index contributed by atoms with van der Waals surface area (Å²) in [6.07, 6.45) is 1.28. The third-order valence-corrected chi connectivity index (χ3v) is 4.13. The van der Waals surface area contributed by atoms with E-state index in [9.17, 15) is 9.59 Å². The number of carbonyl (C=O) groups is 2. The minimum absolute atomic E-state index is 0.0222. The van der Waals surface area contributed by atoms with E-state index in [0.29, 0.717) is 16.9 Å². The number of ether oxygens (including phenoxy) is 1. The molecule has 6 nitrogen and oxygen atoms in total. The number of nitriles is 1. The summed E-state index contributed by atoms with van der Waals surface area (Å²) >= 11 is 0. The fourth-order valence-corrected chi connectivity index (χ4v) is 2.51. The molecule has 2 rings (SSSR count). The second-order valence-electron chi connectivity index (χ2n) is 7.40. The average molecular weight is 391 g/mol. The molecular formula is C23H25N3O3. The van der Waals surface area contributed by atoms with Gasteiger partial charge >= 0.3 is 5.97 Å². The van der Waals surface area contributed by atoms with Crippen LogP contribution in [-0.4, -0.2) is 18.5 Å². The number of nitrogens with one attached hydrogen (secondary N) is 2. The van der Waals surface area contributed by atoms with Gasteiger partial charge in [-0.2, -0.15) is 5.26 Å². The molecule has 0 aliphatic heterocycles. The van der Waals surface area contributed by atoms with E-state index in [1.165, 1.54) is 6.20 Å². The quantitative estimate of drug-likeness (QED) is 0.426. The fraction of sp³-hybridized carbons (Fsp3) is 0.261. The van der Waals surface area contributed by atoms with Crippen molar-refractivity contribution in [3.05, 3.63) is 71.4 Å². The number of hydrogen-bond donors (Lipinski definition) is 2. The fourth-order valence-electron chi connectivity index (χ4n) is 2.51. The Hall–Kier alpha value is -3.59. The van der Waals surface area contributed by atoms with Gasteiger partial charge in [-0.3, -0.25) is 4.79 Å². The van der Waals surface area contributed by atoms with Crippen LogP contribution in [0.4, 0.5) is 11.4 Å². The third kappa shape index (κ3) is 6.22. The van der Waals surface area contributed by atoms with Crippen molar-refractivity contribution in [1.82, 2.24) is 0 Å². The molecule has 0 heterocycles. The molecule has 150 valence electrons. The largest absolute Gasteiger partial charge is 0.462 e. The Morgan fingerprint density at radius 1 is 1.10 bits per heavy atom. The maximum Gasteiger partial charge on any atom is 0.350 e. The lowest BCUT2D eigenvalue weighted by atomic mass is 9.87. The van der Waals surface area contributed by atoms with E-state index in [0.717, 1.165) is 5.56 Å². The van der Waals surface area contributed by atoms with Crippen LogP contribution in [0.2, 0.25) is 0 Å². The summed E-state index contributed by atoms with van der Waals surface area (Å²) in [6.45, 7) is 8.22. The molecule has 2 N–H and O–H groups in total. The normalized spacial score (nSPS) is 11.3. The van der Waals surface area contributed by atoms with Crippen molar-refractivity contribution in [1.29, 1.82) is 5.26 Å². The van der Waals surface area contributed by atoms with Crippen molar-refractivity contribution in [3.8, 4) is 6.07 Å². The molecule has 2 aromatic rings. The first kappa shape index (κ1) is 21.7. The molecule has 6 heteroatoms.